The molecule has 0 aromatic heterocycles. The summed E-state index contributed by atoms with van der Waals surface area (Å²) in [5, 5.41) is 2.60. The Labute approximate surface area is 115 Å². The van der Waals surface area contributed by atoms with Crippen molar-refractivity contribution in [2.75, 3.05) is 12.8 Å². The SMILES string of the molecule is CCCNC(c1cc(C)cc(F)c1)C(C)S(C)(=O)=O. The van der Waals surface area contributed by atoms with Crippen LogP contribution in [0.5, 0.6) is 0 Å². The standard InChI is InChI=1S/C14H22FNO2S/c1-5-6-16-14(11(3)19(4,17)18)12-7-10(2)8-13(15)9-12/h7-9,11,14,16H,5-6H2,1-4H3. The van der Waals surface area contributed by atoms with E-state index in [4.69, 9.17) is 0 Å². The Kier molecular flexibility index (Phi) is 5.50. The summed E-state index contributed by atoms with van der Waals surface area (Å²) in [5.74, 6) is -0.334. The molecule has 0 radical (unpaired) electrons. The topological polar surface area (TPSA) is 46.2 Å². The minimum absolute atomic E-state index is 0.334. The molecule has 1 rings (SSSR count). The number of sulfone groups is 1. The molecule has 0 saturated heterocycles. The lowest BCUT2D eigenvalue weighted by atomic mass is 10.0. The quantitative estimate of drug-likeness (QED) is 0.875. The third kappa shape index (κ3) is 4.58. The van der Waals surface area contributed by atoms with Crippen LogP contribution >= 0.6 is 0 Å². The van der Waals surface area contributed by atoms with Crippen molar-refractivity contribution in [3.8, 4) is 0 Å². The maximum absolute atomic E-state index is 13.5. The van der Waals surface area contributed by atoms with E-state index in [-0.39, 0.29) is 11.9 Å². The van der Waals surface area contributed by atoms with Crippen LogP contribution in [0.25, 0.3) is 0 Å². The molecule has 19 heavy (non-hydrogen) atoms. The summed E-state index contributed by atoms with van der Waals surface area (Å²) >= 11 is 0. The van der Waals surface area contributed by atoms with Gasteiger partial charge < -0.3 is 5.32 Å². The predicted octanol–water partition coefficient (Wildman–Crippen LogP) is 2.61. The zero-order valence-electron chi connectivity index (χ0n) is 11.9. The van der Waals surface area contributed by atoms with Crippen molar-refractivity contribution in [2.24, 2.45) is 0 Å². The monoisotopic (exact) mass is 287 g/mol. The number of hydrogen-bond donors (Lipinski definition) is 1. The average molecular weight is 287 g/mol. The van der Waals surface area contributed by atoms with Crippen LogP contribution in [0.2, 0.25) is 0 Å². The third-order valence-corrected chi connectivity index (χ3v) is 4.81. The second-order valence-electron chi connectivity index (χ2n) is 5.03. The van der Waals surface area contributed by atoms with Crippen LogP contribution in [0.4, 0.5) is 4.39 Å². The lowest BCUT2D eigenvalue weighted by Crippen LogP contribution is -2.35. The Hall–Kier alpha value is -0.940. The van der Waals surface area contributed by atoms with E-state index in [1.54, 1.807) is 13.8 Å². The second kappa shape index (κ2) is 6.48. The molecule has 1 N–H and O–H groups in total. The third-order valence-electron chi connectivity index (χ3n) is 3.18. The van der Waals surface area contributed by atoms with Crippen molar-refractivity contribution in [1.29, 1.82) is 0 Å². The highest BCUT2D eigenvalue weighted by Gasteiger charge is 2.27. The molecule has 0 heterocycles. The first-order valence-electron chi connectivity index (χ1n) is 6.45. The number of nitrogens with one attached hydrogen (secondary N) is 1. The molecule has 0 saturated carbocycles. The fraction of sp³-hybridized carbons (Fsp3) is 0.571. The molecule has 1 aromatic rings. The number of halogens is 1. The van der Waals surface area contributed by atoms with Crippen LogP contribution in [0, 0.1) is 12.7 Å². The van der Waals surface area contributed by atoms with Crippen LogP contribution in [0.15, 0.2) is 18.2 Å². The van der Waals surface area contributed by atoms with E-state index < -0.39 is 15.1 Å². The minimum Gasteiger partial charge on any atom is -0.309 e. The van der Waals surface area contributed by atoms with Gasteiger partial charge >= 0.3 is 0 Å². The molecular weight excluding hydrogens is 265 g/mol. The van der Waals surface area contributed by atoms with Crippen molar-refractivity contribution in [3.63, 3.8) is 0 Å². The van der Waals surface area contributed by atoms with E-state index in [1.165, 1.54) is 18.4 Å². The summed E-state index contributed by atoms with van der Waals surface area (Å²) in [6.07, 6.45) is 2.10. The number of benzene rings is 1. The van der Waals surface area contributed by atoms with Gasteiger partial charge in [-0.2, -0.15) is 0 Å². The lowest BCUT2D eigenvalue weighted by molar-refractivity contribution is 0.497. The Balaban J connectivity index is 3.15. The molecule has 2 unspecified atom stereocenters. The Bertz CT molecular complexity index is 508. The highest BCUT2D eigenvalue weighted by molar-refractivity contribution is 7.91. The summed E-state index contributed by atoms with van der Waals surface area (Å²) in [6.45, 7) is 6.16. The zero-order valence-corrected chi connectivity index (χ0v) is 12.7. The summed E-state index contributed by atoms with van der Waals surface area (Å²) in [5.41, 5.74) is 1.47. The molecule has 0 bridgehead atoms. The first-order chi connectivity index (χ1) is 8.75. The Morgan fingerprint density at radius 2 is 1.95 bits per heavy atom. The molecule has 0 aliphatic rings. The maximum Gasteiger partial charge on any atom is 0.151 e. The molecule has 1 aromatic carbocycles. The highest BCUT2D eigenvalue weighted by atomic mass is 32.2. The normalized spacial score (nSPS) is 15.2. The average Bonchev–Trinajstić information content (AvgIpc) is 2.26. The van der Waals surface area contributed by atoms with Crippen molar-refractivity contribution in [2.45, 2.75) is 38.5 Å². The van der Waals surface area contributed by atoms with Crippen LogP contribution in [-0.2, 0) is 9.84 Å². The van der Waals surface area contributed by atoms with Crippen LogP contribution < -0.4 is 5.32 Å². The summed E-state index contributed by atoms with van der Waals surface area (Å²) in [7, 11) is -3.19. The molecule has 0 aliphatic carbocycles. The first-order valence-corrected chi connectivity index (χ1v) is 8.40. The highest BCUT2D eigenvalue weighted by Crippen LogP contribution is 2.23. The van der Waals surface area contributed by atoms with Crippen molar-refractivity contribution in [3.05, 3.63) is 35.1 Å². The first kappa shape index (κ1) is 16.1. The van der Waals surface area contributed by atoms with Crippen molar-refractivity contribution >= 4 is 9.84 Å². The molecule has 0 amide bonds. The van der Waals surface area contributed by atoms with Gasteiger partial charge in [0.2, 0.25) is 0 Å². The fourth-order valence-corrected chi connectivity index (χ4v) is 2.79. The van der Waals surface area contributed by atoms with E-state index in [0.717, 1.165) is 12.0 Å². The van der Waals surface area contributed by atoms with E-state index in [2.05, 4.69) is 5.32 Å². The number of rotatable bonds is 6. The van der Waals surface area contributed by atoms with Gasteiger partial charge in [0.15, 0.2) is 9.84 Å². The van der Waals surface area contributed by atoms with E-state index in [0.29, 0.717) is 12.1 Å². The summed E-state index contributed by atoms with van der Waals surface area (Å²) < 4.78 is 37.0. The molecule has 5 heteroatoms. The molecule has 0 spiro atoms. The van der Waals surface area contributed by atoms with Crippen molar-refractivity contribution < 1.29 is 12.8 Å². The molecule has 3 nitrogen and oxygen atoms in total. The minimum atomic E-state index is -3.19. The summed E-state index contributed by atoms with van der Waals surface area (Å²) in [6, 6.07) is 4.29. The molecule has 108 valence electrons. The van der Waals surface area contributed by atoms with Crippen LogP contribution in [0.3, 0.4) is 0 Å². The summed E-state index contributed by atoms with van der Waals surface area (Å²) in [4.78, 5) is 0. The lowest BCUT2D eigenvalue weighted by Gasteiger charge is -2.25. The van der Waals surface area contributed by atoms with Gasteiger partial charge in [0.05, 0.1) is 5.25 Å². The van der Waals surface area contributed by atoms with Crippen molar-refractivity contribution in [1.82, 2.24) is 5.32 Å². The molecule has 0 aliphatic heterocycles. The van der Waals surface area contributed by atoms with Gasteiger partial charge in [0.25, 0.3) is 0 Å². The Morgan fingerprint density at radius 3 is 2.42 bits per heavy atom. The van der Waals surface area contributed by atoms with Gasteiger partial charge in [0, 0.05) is 12.3 Å². The van der Waals surface area contributed by atoms with Gasteiger partial charge in [-0.25, -0.2) is 12.8 Å². The van der Waals surface area contributed by atoms with Gasteiger partial charge in [0.1, 0.15) is 5.82 Å². The van der Waals surface area contributed by atoms with Gasteiger partial charge in [-0.3, -0.25) is 0 Å². The number of hydrogen-bond acceptors (Lipinski definition) is 3. The second-order valence-corrected chi connectivity index (χ2v) is 7.43. The van der Waals surface area contributed by atoms with E-state index in [1.807, 2.05) is 13.0 Å². The zero-order chi connectivity index (χ0) is 14.6. The smallest absolute Gasteiger partial charge is 0.151 e. The maximum atomic E-state index is 13.5. The van der Waals surface area contributed by atoms with Gasteiger partial charge in [-0.1, -0.05) is 13.0 Å². The van der Waals surface area contributed by atoms with Crippen LogP contribution in [-0.4, -0.2) is 26.5 Å². The fourth-order valence-electron chi connectivity index (χ4n) is 2.05. The number of aryl methyl sites for hydroxylation is 1. The predicted molar refractivity (Wildman–Crippen MR) is 76.5 cm³/mol. The van der Waals surface area contributed by atoms with Crippen LogP contribution in [0.1, 0.15) is 37.4 Å². The van der Waals surface area contributed by atoms with E-state index in [9.17, 15) is 12.8 Å². The van der Waals surface area contributed by atoms with E-state index >= 15 is 0 Å². The largest absolute Gasteiger partial charge is 0.309 e. The molecular formula is C14H22FNO2S. The molecule has 2 atom stereocenters. The van der Waals surface area contributed by atoms with Gasteiger partial charge in [-0.05, 0) is 50.1 Å². The van der Waals surface area contributed by atoms with Gasteiger partial charge in [-0.15, -0.1) is 0 Å². The Morgan fingerprint density at radius 1 is 1.32 bits per heavy atom. The molecule has 0 fully saturated rings.